The average molecular weight is 314 g/mol. The van der Waals surface area contributed by atoms with E-state index in [4.69, 9.17) is 0 Å². The number of esters is 1. The van der Waals surface area contributed by atoms with Crippen LogP contribution in [0.4, 0.5) is 0 Å². The number of benzene rings is 1. The van der Waals surface area contributed by atoms with Crippen molar-refractivity contribution in [3.63, 3.8) is 0 Å². The van der Waals surface area contributed by atoms with Crippen LogP contribution in [0.5, 0.6) is 0 Å². The Labute approximate surface area is 123 Å². The molecule has 0 amide bonds. The van der Waals surface area contributed by atoms with Crippen LogP contribution >= 0.6 is 7.60 Å². The van der Waals surface area contributed by atoms with E-state index in [1.807, 2.05) is 0 Å². The van der Waals surface area contributed by atoms with Gasteiger partial charge in [0.1, 0.15) is 0 Å². The first-order valence-corrected chi connectivity index (χ1v) is 8.34. The fraction of sp³-hybridized carbons (Fsp3) is 0.429. The Morgan fingerprint density at radius 3 is 2.24 bits per heavy atom. The van der Waals surface area contributed by atoms with Gasteiger partial charge in [-0.05, 0) is 18.4 Å². The predicted molar refractivity (Wildman–Crippen MR) is 76.5 cm³/mol. The van der Waals surface area contributed by atoms with Crippen molar-refractivity contribution in [1.29, 1.82) is 0 Å². The Kier molecular flexibility index (Phi) is 7.12. The molecule has 0 aliphatic carbocycles. The molecule has 0 heterocycles. The maximum atomic E-state index is 11.8. The molecule has 1 aromatic rings. The number of carbonyl (C=O) groups excluding carboxylic acids is 2. The van der Waals surface area contributed by atoms with Crippen molar-refractivity contribution in [3.8, 4) is 0 Å². The zero-order chi connectivity index (χ0) is 15.7. The molecule has 1 atom stereocenters. The summed E-state index contributed by atoms with van der Waals surface area (Å²) in [6.07, 6.45) is 0.873. The van der Waals surface area contributed by atoms with Gasteiger partial charge in [0.2, 0.25) is 0 Å². The van der Waals surface area contributed by atoms with Crippen molar-refractivity contribution in [3.05, 3.63) is 35.9 Å². The summed E-state index contributed by atoms with van der Waals surface area (Å²) in [7, 11) is -2.69. The molecule has 0 radical (unpaired) electrons. The molecule has 1 aromatic carbocycles. The first-order chi connectivity index (χ1) is 9.93. The molecule has 0 saturated heterocycles. The van der Waals surface area contributed by atoms with Crippen molar-refractivity contribution >= 4 is 19.5 Å². The van der Waals surface area contributed by atoms with E-state index in [1.165, 1.54) is 7.11 Å². The fourth-order valence-corrected chi connectivity index (χ4v) is 2.84. The van der Waals surface area contributed by atoms with E-state index in [1.54, 1.807) is 30.3 Å². The lowest BCUT2D eigenvalue weighted by atomic mass is 10.2. The molecule has 21 heavy (non-hydrogen) atoms. The van der Waals surface area contributed by atoms with Crippen molar-refractivity contribution in [2.24, 2.45) is 0 Å². The Morgan fingerprint density at radius 1 is 1.10 bits per heavy atom. The molecule has 0 saturated carbocycles. The third-order valence-corrected chi connectivity index (χ3v) is 3.96. The monoisotopic (exact) mass is 314 g/mol. The van der Waals surface area contributed by atoms with Crippen LogP contribution < -0.4 is 0 Å². The quantitative estimate of drug-likeness (QED) is 0.451. The standard InChI is InChI=1S/C14H19O6P/c1-19-13(15)9-5-6-10-14(16)20-21(17,18)11-12-7-3-2-4-8-12/h2-4,7-8H,5-6,9-11H2,1H3,(H,17,18). The molecule has 0 aromatic heterocycles. The van der Waals surface area contributed by atoms with Gasteiger partial charge >= 0.3 is 19.5 Å². The van der Waals surface area contributed by atoms with Gasteiger partial charge in [-0.25, -0.2) is 4.57 Å². The lowest BCUT2D eigenvalue weighted by molar-refractivity contribution is -0.141. The highest BCUT2D eigenvalue weighted by atomic mass is 31.2. The van der Waals surface area contributed by atoms with Crippen molar-refractivity contribution < 1.29 is 28.3 Å². The maximum Gasteiger partial charge on any atom is 0.383 e. The molecule has 0 aliphatic rings. The Bertz CT molecular complexity index is 513. The van der Waals surface area contributed by atoms with Crippen LogP contribution in [0.1, 0.15) is 31.2 Å². The van der Waals surface area contributed by atoms with E-state index in [-0.39, 0.29) is 25.0 Å². The Hall–Kier alpha value is -1.65. The summed E-state index contributed by atoms with van der Waals surface area (Å²) in [5.41, 5.74) is 0.627. The van der Waals surface area contributed by atoms with Crippen LogP contribution in [-0.2, 0) is 29.6 Å². The molecule has 1 N–H and O–H groups in total. The third-order valence-electron chi connectivity index (χ3n) is 2.71. The van der Waals surface area contributed by atoms with E-state index in [0.29, 0.717) is 18.4 Å². The third kappa shape index (κ3) is 7.63. The van der Waals surface area contributed by atoms with Gasteiger partial charge in [-0.3, -0.25) is 9.59 Å². The second-order valence-electron chi connectivity index (χ2n) is 4.53. The highest BCUT2D eigenvalue weighted by Gasteiger charge is 2.24. The molecule has 1 rings (SSSR count). The fourth-order valence-electron chi connectivity index (χ4n) is 1.69. The number of hydrogen-bond acceptors (Lipinski definition) is 5. The van der Waals surface area contributed by atoms with Crippen molar-refractivity contribution in [2.75, 3.05) is 7.11 Å². The van der Waals surface area contributed by atoms with Crippen LogP contribution in [0.3, 0.4) is 0 Å². The molecule has 1 unspecified atom stereocenters. The lowest BCUT2D eigenvalue weighted by Crippen LogP contribution is -2.05. The predicted octanol–water partition coefficient (Wildman–Crippen LogP) is 2.65. The SMILES string of the molecule is COC(=O)CCCCC(=O)OP(=O)(O)Cc1ccccc1. The molecule has 6 nitrogen and oxygen atoms in total. The van der Waals surface area contributed by atoms with Crippen LogP contribution in [0, 0.1) is 0 Å². The molecular formula is C14H19O6P. The highest BCUT2D eigenvalue weighted by Crippen LogP contribution is 2.46. The van der Waals surface area contributed by atoms with E-state index in [9.17, 15) is 19.0 Å². The molecule has 0 bridgehead atoms. The van der Waals surface area contributed by atoms with Crippen LogP contribution in [0.15, 0.2) is 30.3 Å². The van der Waals surface area contributed by atoms with E-state index < -0.39 is 13.6 Å². The number of unbranched alkanes of at least 4 members (excludes halogenated alkanes) is 1. The number of carbonyl (C=O) groups is 2. The van der Waals surface area contributed by atoms with E-state index >= 15 is 0 Å². The summed E-state index contributed by atoms with van der Waals surface area (Å²) in [6.45, 7) is 0. The minimum atomic E-state index is -3.99. The van der Waals surface area contributed by atoms with Crippen molar-refractivity contribution in [1.82, 2.24) is 0 Å². The number of rotatable bonds is 8. The van der Waals surface area contributed by atoms with Gasteiger partial charge in [0.25, 0.3) is 0 Å². The van der Waals surface area contributed by atoms with Gasteiger partial charge < -0.3 is 14.2 Å². The average Bonchev–Trinajstić information content (AvgIpc) is 2.43. The number of methoxy groups -OCH3 is 1. The zero-order valence-corrected chi connectivity index (χ0v) is 12.8. The van der Waals surface area contributed by atoms with Crippen LogP contribution in [0.25, 0.3) is 0 Å². The first-order valence-electron chi connectivity index (χ1n) is 6.58. The molecular weight excluding hydrogens is 295 g/mol. The second kappa shape index (κ2) is 8.60. The largest absolute Gasteiger partial charge is 0.469 e. The van der Waals surface area contributed by atoms with Gasteiger partial charge in [0.15, 0.2) is 0 Å². The van der Waals surface area contributed by atoms with Gasteiger partial charge in [-0.2, -0.15) is 0 Å². The van der Waals surface area contributed by atoms with Crippen LogP contribution in [0.2, 0.25) is 0 Å². The van der Waals surface area contributed by atoms with Gasteiger partial charge in [-0.15, -0.1) is 0 Å². The Morgan fingerprint density at radius 2 is 1.67 bits per heavy atom. The van der Waals surface area contributed by atoms with Gasteiger partial charge in [0.05, 0.1) is 13.3 Å². The normalized spacial score (nSPS) is 13.2. The van der Waals surface area contributed by atoms with E-state index in [2.05, 4.69) is 9.26 Å². The summed E-state index contributed by atoms with van der Waals surface area (Å²) in [6, 6.07) is 8.65. The second-order valence-corrected chi connectivity index (χ2v) is 6.30. The molecule has 0 fully saturated rings. The highest BCUT2D eigenvalue weighted by molar-refractivity contribution is 7.52. The maximum absolute atomic E-state index is 11.8. The lowest BCUT2D eigenvalue weighted by Gasteiger charge is -2.12. The summed E-state index contributed by atoms with van der Waals surface area (Å²) in [5.74, 6) is -1.08. The topological polar surface area (TPSA) is 89.9 Å². The number of ether oxygens (including phenoxy) is 1. The van der Waals surface area contributed by atoms with Gasteiger partial charge in [-0.1, -0.05) is 30.3 Å². The molecule has 7 heteroatoms. The van der Waals surface area contributed by atoms with Gasteiger partial charge in [0, 0.05) is 12.8 Å². The van der Waals surface area contributed by atoms with Crippen molar-refractivity contribution in [2.45, 2.75) is 31.8 Å². The van der Waals surface area contributed by atoms with E-state index in [0.717, 1.165) is 0 Å². The molecule has 116 valence electrons. The number of hydrogen-bond donors (Lipinski definition) is 1. The summed E-state index contributed by atoms with van der Waals surface area (Å²) < 4.78 is 20.9. The zero-order valence-electron chi connectivity index (χ0n) is 11.9. The Balaban J connectivity index is 2.32. The smallest absolute Gasteiger partial charge is 0.383 e. The molecule has 0 aliphatic heterocycles. The first kappa shape index (κ1) is 17.4. The summed E-state index contributed by atoms with van der Waals surface area (Å²) >= 11 is 0. The minimum absolute atomic E-state index is 0.00364. The summed E-state index contributed by atoms with van der Waals surface area (Å²) in [4.78, 5) is 32.0. The minimum Gasteiger partial charge on any atom is -0.469 e. The molecule has 0 spiro atoms. The van der Waals surface area contributed by atoms with Crippen LogP contribution in [-0.4, -0.2) is 23.9 Å². The summed E-state index contributed by atoms with van der Waals surface area (Å²) in [5, 5.41) is 0.